The van der Waals surface area contributed by atoms with Crippen molar-refractivity contribution in [2.75, 3.05) is 39.3 Å². The molecule has 1 fully saturated rings. The van der Waals surface area contributed by atoms with Crippen molar-refractivity contribution in [3.05, 3.63) is 64.7 Å². The standard InChI is InChI=1S/C22H30N4O5S/c1-18(2)25-14-12-24(13-15-25)16-19(17-31-21-6-4-3-5-7-21)23-32(29,30)22-10-8-20(9-11-22)26(27)28/h3-11,18-19,23H,12-17H2,1-2H3. The summed E-state index contributed by atoms with van der Waals surface area (Å²) < 4.78 is 34.5. The van der Waals surface area contributed by atoms with Gasteiger partial charge in [-0.2, -0.15) is 0 Å². The molecule has 1 atom stereocenters. The molecule has 2 aromatic rings. The van der Waals surface area contributed by atoms with E-state index in [1.54, 1.807) is 0 Å². The summed E-state index contributed by atoms with van der Waals surface area (Å²) in [5, 5.41) is 10.9. The third-order valence-electron chi connectivity index (χ3n) is 5.49. The second-order valence-electron chi connectivity index (χ2n) is 8.12. The van der Waals surface area contributed by atoms with Crippen LogP contribution in [-0.4, -0.2) is 74.6 Å². The average molecular weight is 463 g/mol. The van der Waals surface area contributed by atoms with Crippen LogP contribution in [0.4, 0.5) is 5.69 Å². The lowest BCUT2D eigenvalue weighted by molar-refractivity contribution is -0.384. The number of sulfonamides is 1. The van der Waals surface area contributed by atoms with Crippen molar-refractivity contribution >= 4 is 15.7 Å². The third-order valence-corrected chi connectivity index (χ3v) is 7.03. The number of nitro benzene ring substituents is 1. The second kappa shape index (κ2) is 10.9. The Hall–Kier alpha value is -2.53. The summed E-state index contributed by atoms with van der Waals surface area (Å²) in [5.41, 5.74) is -0.157. The molecule has 1 heterocycles. The van der Waals surface area contributed by atoms with Gasteiger partial charge in [0.05, 0.1) is 15.9 Å². The zero-order valence-corrected chi connectivity index (χ0v) is 19.2. The van der Waals surface area contributed by atoms with Gasteiger partial charge in [-0.05, 0) is 38.1 Å². The molecule has 10 heteroatoms. The number of nitro groups is 1. The number of piperazine rings is 1. The number of nitrogens with one attached hydrogen (secondary N) is 1. The van der Waals surface area contributed by atoms with E-state index in [2.05, 4.69) is 28.4 Å². The van der Waals surface area contributed by atoms with E-state index in [1.165, 1.54) is 24.3 Å². The zero-order valence-electron chi connectivity index (χ0n) is 18.4. The van der Waals surface area contributed by atoms with Gasteiger partial charge in [0, 0.05) is 50.9 Å². The van der Waals surface area contributed by atoms with Gasteiger partial charge in [0.2, 0.25) is 10.0 Å². The molecule has 1 aliphatic rings. The summed E-state index contributed by atoms with van der Waals surface area (Å²) in [6.07, 6.45) is 0. The zero-order chi connectivity index (χ0) is 23.1. The maximum atomic E-state index is 13.0. The minimum atomic E-state index is -3.87. The number of para-hydroxylation sites is 1. The molecule has 1 aliphatic heterocycles. The Morgan fingerprint density at radius 1 is 1.03 bits per heavy atom. The highest BCUT2D eigenvalue weighted by atomic mass is 32.2. The number of ether oxygens (including phenoxy) is 1. The lowest BCUT2D eigenvalue weighted by Gasteiger charge is -2.38. The highest BCUT2D eigenvalue weighted by Crippen LogP contribution is 2.17. The van der Waals surface area contributed by atoms with Crippen LogP contribution in [0.5, 0.6) is 5.75 Å². The van der Waals surface area contributed by atoms with Crippen molar-refractivity contribution in [1.29, 1.82) is 0 Å². The van der Waals surface area contributed by atoms with Crippen LogP contribution < -0.4 is 9.46 Å². The number of non-ortho nitro benzene ring substituents is 1. The van der Waals surface area contributed by atoms with E-state index in [4.69, 9.17) is 4.74 Å². The smallest absolute Gasteiger partial charge is 0.269 e. The molecule has 9 nitrogen and oxygen atoms in total. The molecule has 1 unspecified atom stereocenters. The Kier molecular flexibility index (Phi) is 8.19. The predicted molar refractivity (Wildman–Crippen MR) is 122 cm³/mol. The van der Waals surface area contributed by atoms with Gasteiger partial charge in [0.25, 0.3) is 5.69 Å². The van der Waals surface area contributed by atoms with Gasteiger partial charge < -0.3 is 4.74 Å². The molecular formula is C22H30N4O5S. The molecule has 0 amide bonds. The fourth-order valence-corrected chi connectivity index (χ4v) is 4.86. The lowest BCUT2D eigenvalue weighted by atomic mass is 10.2. The Bertz CT molecular complexity index is 975. The third kappa shape index (κ3) is 6.73. The van der Waals surface area contributed by atoms with Crippen molar-refractivity contribution in [3.63, 3.8) is 0 Å². The monoisotopic (exact) mass is 462 g/mol. The lowest BCUT2D eigenvalue weighted by Crippen LogP contribution is -2.54. The molecule has 174 valence electrons. The maximum absolute atomic E-state index is 13.0. The van der Waals surface area contributed by atoms with Gasteiger partial charge in [-0.3, -0.25) is 19.9 Å². The number of hydrogen-bond acceptors (Lipinski definition) is 7. The van der Waals surface area contributed by atoms with E-state index in [0.717, 1.165) is 26.2 Å². The van der Waals surface area contributed by atoms with Gasteiger partial charge in [0.1, 0.15) is 12.4 Å². The van der Waals surface area contributed by atoms with E-state index in [0.29, 0.717) is 18.3 Å². The molecule has 0 bridgehead atoms. The van der Waals surface area contributed by atoms with Gasteiger partial charge in [0.15, 0.2) is 0 Å². The predicted octanol–water partition coefficient (Wildman–Crippen LogP) is 2.35. The topological polar surface area (TPSA) is 105 Å². The molecule has 0 saturated carbocycles. The Morgan fingerprint density at radius 3 is 2.22 bits per heavy atom. The summed E-state index contributed by atoms with van der Waals surface area (Å²) in [4.78, 5) is 14.9. The highest BCUT2D eigenvalue weighted by molar-refractivity contribution is 7.89. The van der Waals surface area contributed by atoms with E-state index in [1.807, 2.05) is 30.3 Å². The minimum absolute atomic E-state index is 0.0163. The van der Waals surface area contributed by atoms with Crippen molar-refractivity contribution in [2.45, 2.75) is 30.8 Å². The van der Waals surface area contributed by atoms with Crippen molar-refractivity contribution in [2.24, 2.45) is 0 Å². The fourth-order valence-electron chi connectivity index (χ4n) is 3.65. The summed E-state index contributed by atoms with van der Waals surface area (Å²) in [5.74, 6) is 0.664. The van der Waals surface area contributed by atoms with Crippen LogP contribution in [0.1, 0.15) is 13.8 Å². The van der Waals surface area contributed by atoms with Crippen LogP contribution in [0.2, 0.25) is 0 Å². The summed E-state index contributed by atoms with van der Waals surface area (Å²) in [6.45, 7) is 8.57. The van der Waals surface area contributed by atoms with Crippen LogP contribution in [0.25, 0.3) is 0 Å². The minimum Gasteiger partial charge on any atom is -0.492 e. The van der Waals surface area contributed by atoms with E-state index in [-0.39, 0.29) is 17.2 Å². The molecule has 1 saturated heterocycles. The quantitative estimate of drug-likeness (QED) is 0.427. The van der Waals surface area contributed by atoms with Gasteiger partial charge >= 0.3 is 0 Å². The van der Waals surface area contributed by atoms with Gasteiger partial charge in [-0.25, -0.2) is 13.1 Å². The Labute approximate surface area is 189 Å². The van der Waals surface area contributed by atoms with Crippen molar-refractivity contribution < 1.29 is 18.1 Å². The van der Waals surface area contributed by atoms with Crippen LogP contribution in [-0.2, 0) is 10.0 Å². The number of nitrogens with zero attached hydrogens (tertiary/aromatic N) is 3. The first-order valence-electron chi connectivity index (χ1n) is 10.7. The van der Waals surface area contributed by atoms with Crippen LogP contribution >= 0.6 is 0 Å². The fraction of sp³-hybridized carbons (Fsp3) is 0.455. The van der Waals surface area contributed by atoms with Crippen molar-refractivity contribution in [3.8, 4) is 5.75 Å². The molecule has 0 aliphatic carbocycles. The SMILES string of the molecule is CC(C)N1CCN(CC(COc2ccccc2)NS(=O)(=O)c2ccc([N+](=O)[O-])cc2)CC1. The molecule has 0 radical (unpaired) electrons. The first-order valence-corrected chi connectivity index (χ1v) is 12.1. The van der Waals surface area contributed by atoms with Gasteiger partial charge in [-0.1, -0.05) is 18.2 Å². The maximum Gasteiger partial charge on any atom is 0.269 e. The Balaban J connectivity index is 1.70. The molecule has 0 spiro atoms. The first-order chi connectivity index (χ1) is 15.2. The van der Waals surface area contributed by atoms with Crippen LogP contribution in [0.15, 0.2) is 59.5 Å². The molecule has 32 heavy (non-hydrogen) atoms. The average Bonchev–Trinajstić information content (AvgIpc) is 2.78. The van der Waals surface area contributed by atoms with E-state index < -0.39 is 21.0 Å². The van der Waals surface area contributed by atoms with E-state index in [9.17, 15) is 18.5 Å². The van der Waals surface area contributed by atoms with Crippen molar-refractivity contribution in [1.82, 2.24) is 14.5 Å². The summed E-state index contributed by atoms with van der Waals surface area (Å²) >= 11 is 0. The van der Waals surface area contributed by atoms with Crippen LogP contribution in [0, 0.1) is 10.1 Å². The Morgan fingerprint density at radius 2 is 1.66 bits per heavy atom. The molecule has 0 aromatic heterocycles. The highest BCUT2D eigenvalue weighted by Gasteiger charge is 2.26. The summed E-state index contributed by atoms with van der Waals surface area (Å²) in [6, 6.07) is 14.1. The number of benzene rings is 2. The number of hydrogen-bond donors (Lipinski definition) is 1. The molecule has 3 rings (SSSR count). The molecule has 1 N–H and O–H groups in total. The van der Waals surface area contributed by atoms with Gasteiger partial charge in [-0.15, -0.1) is 0 Å². The first kappa shape index (κ1) is 24.1. The van der Waals surface area contributed by atoms with Crippen LogP contribution in [0.3, 0.4) is 0 Å². The second-order valence-corrected chi connectivity index (χ2v) is 9.84. The number of rotatable bonds is 10. The van der Waals surface area contributed by atoms with E-state index >= 15 is 0 Å². The molecular weight excluding hydrogens is 432 g/mol. The largest absolute Gasteiger partial charge is 0.492 e. The normalized spacial score (nSPS) is 16.7. The molecule has 2 aromatic carbocycles. The summed E-state index contributed by atoms with van der Waals surface area (Å²) in [7, 11) is -3.87.